The number of nitrogens with one attached hydrogen (secondary N) is 1. The van der Waals surface area contributed by atoms with E-state index in [2.05, 4.69) is 4.72 Å². The fourth-order valence-electron chi connectivity index (χ4n) is 2.32. The first-order chi connectivity index (χ1) is 11.9. The first kappa shape index (κ1) is 19.2. The van der Waals surface area contributed by atoms with Crippen molar-refractivity contribution in [3.8, 4) is 11.5 Å². The van der Waals surface area contributed by atoms with Gasteiger partial charge in [0.05, 0.1) is 18.1 Å². The Morgan fingerprint density at radius 2 is 1.60 bits per heavy atom. The Kier molecular flexibility index (Phi) is 6.39. The summed E-state index contributed by atoms with van der Waals surface area (Å²) < 4.78 is 51.8. The maximum Gasteiger partial charge on any atom is 0.241 e. The smallest absolute Gasteiger partial charge is 0.241 e. The first-order valence-corrected chi connectivity index (χ1v) is 9.53. The maximum absolute atomic E-state index is 13.0. The van der Waals surface area contributed by atoms with Gasteiger partial charge in [0.2, 0.25) is 10.0 Å². The van der Waals surface area contributed by atoms with Gasteiger partial charge in [-0.3, -0.25) is 0 Å². The summed E-state index contributed by atoms with van der Waals surface area (Å²) in [6, 6.07) is 9.66. The van der Waals surface area contributed by atoms with E-state index in [1.165, 1.54) is 24.3 Å². The molecule has 1 N–H and O–H groups in total. The van der Waals surface area contributed by atoms with Gasteiger partial charge >= 0.3 is 0 Å². The normalized spacial score (nSPS) is 12.6. The van der Waals surface area contributed by atoms with E-state index in [4.69, 9.17) is 9.47 Å². The molecule has 0 aliphatic carbocycles. The average Bonchev–Trinajstić information content (AvgIpc) is 2.57. The molecule has 0 aliphatic heterocycles. The average molecular weight is 367 g/mol. The first-order valence-electron chi connectivity index (χ1n) is 8.04. The molecule has 7 heteroatoms. The van der Waals surface area contributed by atoms with Crippen molar-refractivity contribution in [2.24, 2.45) is 0 Å². The van der Waals surface area contributed by atoms with Crippen molar-refractivity contribution >= 4 is 10.0 Å². The Balaban J connectivity index is 2.26. The van der Waals surface area contributed by atoms with E-state index in [0.717, 1.165) is 0 Å². The van der Waals surface area contributed by atoms with Gasteiger partial charge in [0.15, 0.2) is 11.5 Å². The number of benzene rings is 2. The van der Waals surface area contributed by atoms with Crippen LogP contribution in [-0.4, -0.2) is 21.6 Å². The van der Waals surface area contributed by atoms with E-state index in [9.17, 15) is 12.8 Å². The molecule has 0 heterocycles. The molecule has 0 bridgehead atoms. The van der Waals surface area contributed by atoms with Crippen LogP contribution in [0.5, 0.6) is 11.5 Å². The predicted octanol–water partition coefficient (Wildman–Crippen LogP) is 3.66. The predicted molar refractivity (Wildman–Crippen MR) is 93.9 cm³/mol. The monoisotopic (exact) mass is 367 g/mol. The molecule has 0 saturated carbocycles. The quantitative estimate of drug-likeness (QED) is 0.773. The molecular weight excluding hydrogens is 345 g/mol. The van der Waals surface area contributed by atoms with Gasteiger partial charge < -0.3 is 9.47 Å². The Labute approximate surface area is 147 Å². The molecule has 0 aliphatic rings. The van der Waals surface area contributed by atoms with Crippen LogP contribution >= 0.6 is 0 Å². The molecule has 2 aromatic carbocycles. The van der Waals surface area contributed by atoms with Crippen LogP contribution in [-0.2, 0) is 10.0 Å². The van der Waals surface area contributed by atoms with E-state index in [1.54, 1.807) is 25.1 Å². The van der Waals surface area contributed by atoms with Crippen molar-refractivity contribution in [2.75, 3.05) is 13.2 Å². The van der Waals surface area contributed by atoms with Gasteiger partial charge in [-0.2, -0.15) is 0 Å². The summed E-state index contributed by atoms with van der Waals surface area (Å²) in [7, 11) is -3.77. The van der Waals surface area contributed by atoms with Crippen LogP contribution in [0, 0.1) is 5.82 Å². The van der Waals surface area contributed by atoms with Gasteiger partial charge in [0, 0.05) is 12.1 Å². The van der Waals surface area contributed by atoms with Crippen molar-refractivity contribution in [3.63, 3.8) is 0 Å². The zero-order chi connectivity index (χ0) is 18.4. The lowest BCUT2D eigenvalue weighted by atomic mass is 10.1. The second-order valence-corrected chi connectivity index (χ2v) is 7.08. The summed E-state index contributed by atoms with van der Waals surface area (Å²) >= 11 is 0. The summed E-state index contributed by atoms with van der Waals surface area (Å²) in [5.74, 6) is 0.503. The zero-order valence-corrected chi connectivity index (χ0v) is 15.3. The van der Waals surface area contributed by atoms with Crippen LogP contribution in [0.1, 0.15) is 32.4 Å². The molecule has 5 nitrogen and oxygen atoms in total. The third kappa shape index (κ3) is 4.93. The number of hydrogen-bond acceptors (Lipinski definition) is 4. The summed E-state index contributed by atoms with van der Waals surface area (Å²) in [6.07, 6.45) is 0. The third-order valence-corrected chi connectivity index (χ3v) is 5.07. The molecular formula is C18H22FNO4S. The Morgan fingerprint density at radius 3 is 2.20 bits per heavy atom. The van der Waals surface area contributed by atoms with Crippen LogP contribution in [0.2, 0.25) is 0 Å². The molecule has 0 radical (unpaired) electrons. The number of halogens is 1. The van der Waals surface area contributed by atoms with Gasteiger partial charge in [0.25, 0.3) is 0 Å². The number of ether oxygens (including phenoxy) is 2. The molecule has 0 unspecified atom stereocenters. The minimum Gasteiger partial charge on any atom is -0.490 e. The number of hydrogen-bond donors (Lipinski definition) is 1. The standard InChI is InChI=1S/C18H22FNO4S/c1-4-23-17-11-10-16(12-18(17)24-5-2)25(21,22)20-13(3)14-6-8-15(19)9-7-14/h6-13,20H,4-5H2,1-3H3/t13-/m0/s1. The Bertz CT molecular complexity index is 806. The zero-order valence-electron chi connectivity index (χ0n) is 14.5. The van der Waals surface area contributed by atoms with Gasteiger partial charge in [0.1, 0.15) is 5.82 Å². The van der Waals surface area contributed by atoms with E-state index in [0.29, 0.717) is 30.3 Å². The van der Waals surface area contributed by atoms with Crippen molar-refractivity contribution in [3.05, 3.63) is 53.8 Å². The molecule has 0 fully saturated rings. The SMILES string of the molecule is CCOc1ccc(S(=O)(=O)N[C@@H](C)c2ccc(F)cc2)cc1OCC. The summed E-state index contributed by atoms with van der Waals surface area (Å²) in [4.78, 5) is 0.0772. The van der Waals surface area contributed by atoms with Crippen molar-refractivity contribution in [2.45, 2.75) is 31.7 Å². The van der Waals surface area contributed by atoms with Gasteiger partial charge in [-0.15, -0.1) is 0 Å². The van der Waals surface area contributed by atoms with Gasteiger partial charge in [-0.05, 0) is 50.6 Å². The minimum absolute atomic E-state index is 0.0772. The van der Waals surface area contributed by atoms with Crippen LogP contribution < -0.4 is 14.2 Å². The second-order valence-electron chi connectivity index (χ2n) is 5.37. The molecule has 2 rings (SSSR count). The highest BCUT2D eigenvalue weighted by molar-refractivity contribution is 7.89. The highest BCUT2D eigenvalue weighted by Crippen LogP contribution is 2.30. The van der Waals surface area contributed by atoms with Crippen molar-refractivity contribution in [1.29, 1.82) is 0 Å². The van der Waals surface area contributed by atoms with Crippen molar-refractivity contribution in [1.82, 2.24) is 4.72 Å². The molecule has 25 heavy (non-hydrogen) atoms. The largest absolute Gasteiger partial charge is 0.490 e. The van der Waals surface area contributed by atoms with E-state index in [1.807, 2.05) is 13.8 Å². The Morgan fingerprint density at radius 1 is 1.00 bits per heavy atom. The number of sulfonamides is 1. The van der Waals surface area contributed by atoms with Crippen LogP contribution in [0.25, 0.3) is 0 Å². The molecule has 136 valence electrons. The molecule has 2 aromatic rings. The van der Waals surface area contributed by atoms with Gasteiger partial charge in [-0.25, -0.2) is 17.5 Å². The summed E-state index contributed by atoms with van der Waals surface area (Å²) in [5, 5.41) is 0. The fourth-order valence-corrected chi connectivity index (χ4v) is 3.57. The molecule has 0 amide bonds. The van der Waals surface area contributed by atoms with Gasteiger partial charge in [-0.1, -0.05) is 12.1 Å². The van der Waals surface area contributed by atoms with Crippen molar-refractivity contribution < 1.29 is 22.3 Å². The highest BCUT2D eigenvalue weighted by Gasteiger charge is 2.20. The molecule has 0 aromatic heterocycles. The summed E-state index contributed by atoms with van der Waals surface area (Å²) in [5.41, 5.74) is 0.668. The Hall–Kier alpha value is -2.12. The molecule has 0 saturated heterocycles. The van der Waals surface area contributed by atoms with Crippen LogP contribution in [0.3, 0.4) is 0 Å². The maximum atomic E-state index is 13.0. The van der Waals surface area contributed by atoms with Crippen LogP contribution in [0.15, 0.2) is 47.4 Å². The topological polar surface area (TPSA) is 64.6 Å². The van der Waals surface area contributed by atoms with E-state index >= 15 is 0 Å². The molecule has 0 spiro atoms. The van der Waals surface area contributed by atoms with E-state index in [-0.39, 0.29) is 10.7 Å². The summed E-state index contributed by atoms with van der Waals surface area (Å²) in [6.45, 7) is 6.19. The minimum atomic E-state index is -3.77. The number of rotatable bonds is 8. The highest BCUT2D eigenvalue weighted by atomic mass is 32.2. The fraction of sp³-hybridized carbons (Fsp3) is 0.333. The lowest BCUT2D eigenvalue weighted by molar-refractivity contribution is 0.287. The molecule has 1 atom stereocenters. The van der Waals surface area contributed by atoms with E-state index < -0.39 is 16.1 Å². The van der Waals surface area contributed by atoms with Crippen LogP contribution in [0.4, 0.5) is 4.39 Å². The second kappa shape index (κ2) is 8.31. The lowest BCUT2D eigenvalue weighted by Crippen LogP contribution is -2.27. The lowest BCUT2D eigenvalue weighted by Gasteiger charge is -2.16. The third-order valence-electron chi connectivity index (χ3n) is 3.53.